The number of benzene rings is 1. The summed E-state index contributed by atoms with van der Waals surface area (Å²) in [7, 11) is 0. The van der Waals surface area contributed by atoms with Crippen molar-refractivity contribution in [1.29, 1.82) is 0 Å². The van der Waals surface area contributed by atoms with E-state index < -0.39 is 0 Å². The Morgan fingerprint density at radius 1 is 1.06 bits per heavy atom. The highest BCUT2D eigenvalue weighted by atomic mass is 16.5. The number of carbonyl (C=O) groups excluding carboxylic acids is 1. The number of nitrogens with zero attached hydrogens (tertiary/aromatic N) is 4. The average molecular weight is 490 g/mol. The van der Waals surface area contributed by atoms with Gasteiger partial charge in [-0.15, -0.1) is 0 Å². The summed E-state index contributed by atoms with van der Waals surface area (Å²) in [5.74, 6) is 0.630. The molecule has 2 fully saturated rings. The predicted octanol–water partition coefficient (Wildman–Crippen LogP) is 3.68. The number of carbonyl (C=O) groups is 1. The molecule has 0 spiro atoms. The zero-order valence-electron chi connectivity index (χ0n) is 21.9. The molecule has 7 nitrogen and oxygen atoms in total. The van der Waals surface area contributed by atoms with Gasteiger partial charge in [0.1, 0.15) is 5.71 Å². The van der Waals surface area contributed by atoms with Crippen molar-refractivity contribution in [2.75, 3.05) is 45.9 Å². The van der Waals surface area contributed by atoms with E-state index in [1.54, 1.807) is 0 Å². The van der Waals surface area contributed by atoms with Crippen LogP contribution in [0.15, 0.2) is 41.7 Å². The normalized spacial score (nSPS) is 21.4. The molecule has 1 atom stereocenters. The van der Waals surface area contributed by atoms with Crippen LogP contribution in [0, 0.1) is 5.92 Å². The summed E-state index contributed by atoms with van der Waals surface area (Å²) >= 11 is 0. The van der Waals surface area contributed by atoms with Crippen molar-refractivity contribution in [3.63, 3.8) is 0 Å². The van der Waals surface area contributed by atoms with Crippen LogP contribution in [-0.2, 0) is 16.1 Å². The molecule has 2 saturated heterocycles. The fraction of sp³-hybridized carbons (Fsp3) is 0.552. The highest BCUT2D eigenvalue weighted by Crippen LogP contribution is 2.33. The Morgan fingerprint density at radius 2 is 1.83 bits per heavy atom. The highest BCUT2D eigenvalue weighted by molar-refractivity contribution is 6.46. The topological polar surface area (TPSA) is 70.1 Å². The van der Waals surface area contributed by atoms with Crippen LogP contribution in [0.3, 0.4) is 0 Å². The van der Waals surface area contributed by atoms with Crippen molar-refractivity contribution in [1.82, 2.24) is 20.1 Å². The molecule has 4 heterocycles. The minimum absolute atomic E-state index is 0.00605. The molecule has 5 rings (SSSR count). The maximum Gasteiger partial charge on any atom is 0.270 e. The molecule has 192 valence electrons. The van der Waals surface area contributed by atoms with Crippen molar-refractivity contribution < 1.29 is 9.53 Å². The molecular weight excluding hydrogens is 450 g/mol. The van der Waals surface area contributed by atoms with Gasteiger partial charge in [-0.2, -0.15) is 0 Å². The number of ether oxygens (including phenoxy) is 1. The molecule has 7 heteroatoms. The number of fused-ring (bicyclic) bond motifs is 1. The van der Waals surface area contributed by atoms with Crippen molar-refractivity contribution >= 4 is 11.6 Å². The largest absolute Gasteiger partial charge is 0.379 e. The number of hydrogen-bond acceptors (Lipinski definition) is 6. The van der Waals surface area contributed by atoms with Gasteiger partial charge in [-0.25, -0.2) is 0 Å². The van der Waals surface area contributed by atoms with E-state index in [4.69, 9.17) is 9.73 Å². The second-order valence-electron chi connectivity index (χ2n) is 10.9. The number of likely N-dealkylation sites (tertiary alicyclic amines) is 1. The van der Waals surface area contributed by atoms with E-state index in [1.807, 2.05) is 12.4 Å². The summed E-state index contributed by atoms with van der Waals surface area (Å²) in [5.41, 5.74) is 5.98. The van der Waals surface area contributed by atoms with E-state index in [0.717, 1.165) is 87.6 Å². The minimum atomic E-state index is -0.0424. The number of amides is 1. The smallest absolute Gasteiger partial charge is 0.270 e. The van der Waals surface area contributed by atoms with Gasteiger partial charge in [0.15, 0.2) is 0 Å². The lowest BCUT2D eigenvalue weighted by Crippen LogP contribution is -2.47. The second kappa shape index (κ2) is 11.2. The van der Waals surface area contributed by atoms with Crippen LogP contribution in [0.25, 0.3) is 11.1 Å². The first kappa shape index (κ1) is 25.1. The van der Waals surface area contributed by atoms with E-state index >= 15 is 0 Å². The van der Waals surface area contributed by atoms with E-state index in [1.165, 1.54) is 5.56 Å². The first-order valence-corrected chi connectivity index (χ1v) is 13.5. The lowest BCUT2D eigenvalue weighted by Gasteiger charge is -2.33. The van der Waals surface area contributed by atoms with Gasteiger partial charge in [0.25, 0.3) is 5.91 Å². The Kier molecular flexibility index (Phi) is 7.79. The van der Waals surface area contributed by atoms with Gasteiger partial charge in [0, 0.05) is 68.8 Å². The van der Waals surface area contributed by atoms with Crippen LogP contribution in [0.4, 0.5) is 0 Å². The van der Waals surface area contributed by atoms with Gasteiger partial charge in [0.2, 0.25) is 0 Å². The molecule has 0 bridgehead atoms. The number of aromatic nitrogens is 1. The molecule has 0 saturated carbocycles. The Labute approximate surface area is 214 Å². The molecule has 2 aromatic rings. The third-order valence-corrected chi connectivity index (χ3v) is 7.48. The van der Waals surface area contributed by atoms with Crippen LogP contribution < -0.4 is 5.32 Å². The zero-order chi connectivity index (χ0) is 25.1. The van der Waals surface area contributed by atoms with Crippen molar-refractivity contribution in [3.8, 4) is 11.1 Å². The SMILES string of the molecule is CC(C)CN1CCC(NC(=O)C2=N[C@@H](C)c3ccc(-c4cncc(CN5CCOCC5)c4)cc32)CC1. The molecule has 3 aliphatic rings. The van der Waals surface area contributed by atoms with E-state index in [0.29, 0.717) is 11.6 Å². The molecular formula is C29H39N5O2. The minimum Gasteiger partial charge on any atom is -0.379 e. The first-order chi connectivity index (χ1) is 17.5. The Morgan fingerprint density at radius 3 is 2.58 bits per heavy atom. The van der Waals surface area contributed by atoms with Crippen LogP contribution in [0.1, 0.15) is 56.3 Å². The van der Waals surface area contributed by atoms with Gasteiger partial charge in [-0.1, -0.05) is 26.0 Å². The molecule has 1 aromatic heterocycles. The van der Waals surface area contributed by atoms with E-state index in [9.17, 15) is 4.79 Å². The Hall–Kier alpha value is -2.61. The van der Waals surface area contributed by atoms with E-state index in [-0.39, 0.29) is 18.0 Å². The average Bonchev–Trinajstić information content (AvgIpc) is 3.21. The number of nitrogens with one attached hydrogen (secondary N) is 1. The van der Waals surface area contributed by atoms with Crippen molar-refractivity contribution in [3.05, 3.63) is 53.3 Å². The standard InChI is InChI=1S/C29H39N5O2/c1-20(2)18-33-8-6-25(7-9-33)32-29(35)28-27-15-23(4-5-26(27)21(3)31-28)24-14-22(16-30-17-24)19-34-10-12-36-13-11-34/h4-5,14-17,20-21,25H,6-13,18-19H2,1-3H3,(H,32,35)/t21-/m0/s1. The summed E-state index contributed by atoms with van der Waals surface area (Å²) in [4.78, 5) is 27.5. The Bertz CT molecular complexity index is 1100. The molecule has 3 aliphatic heterocycles. The summed E-state index contributed by atoms with van der Waals surface area (Å²) in [6.45, 7) is 14.1. The maximum absolute atomic E-state index is 13.3. The zero-order valence-corrected chi connectivity index (χ0v) is 21.9. The van der Waals surface area contributed by atoms with Crippen LogP contribution in [0.2, 0.25) is 0 Å². The van der Waals surface area contributed by atoms with Gasteiger partial charge >= 0.3 is 0 Å². The Balaban J connectivity index is 1.28. The quantitative estimate of drug-likeness (QED) is 0.643. The first-order valence-electron chi connectivity index (χ1n) is 13.5. The summed E-state index contributed by atoms with van der Waals surface area (Å²) in [5, 5.41) is 3.29. The summed E-state index contributed by atoms with van der Waals surface area (Å²) < 4.78 is 5.47. The number of morpholine rings is 1. The lowest BCUT2D eigenvalue weighted by atomic mass is 9.95. The number of aliphatic imine (C=N–C) groups is 1. The second-order valence-corrected chi connectivity index (χ2v) is 10.9. The van der Waals surface area contributed by atoms with Crippen LogP contribution >= 0.6 is 0 Å². The highest BCUT2D eigenvalue weighted by Gasteiger charge is 2.29. The predicted molar refractivity (Wildman–Crippen MR) is 143 cm³/mol. The number of rotatable bonds is 7. The fourth-order valence-corrected chi connectivity index (χ4v) is 5.60. The molecule has 1 aromatic carbocycles. The molecule has 1 amide bonds. The fourth-order valence-electron chi connectivity index (χ4n) is 5.60. The van der Waals surface area contributed by atoms with Crippen molar-refractivity contribution in [2.45, 2.75) is 52.2 Å². The monoisotopic (exact) mass is 489 g/mol. The number of piperidine rings is 1. The molecule has 0 radical (unpaired) electrons. The van der Waals surface area contributed by atoms with Gasteiger partial charge in [0.05, 0.1) is 19.3 Å². The summed E-state index contributed by atoms with van der Waals surface area (Å²) in [6, 6.07) is 8.80. The van der Waals surface area contributed by atoms with Crippen LogP contribution in [0.5, 0.6) is 0 Å². The third kappa shape index (κ3) is 5.85. The van der Waals surface area contributed by atoms with E-state index in [2.05, 4.69) is 65.1 Å². The lowest BCUT2D eigenvalue weighted by molar-refractivity contribution is -0.115. The van der Waals surface area contributed by atoms with Gasteiger partial charge in [-0.05, 0) is 54.5 Å². The van der Waals surface area contributed by atoms with Gasteiger partial charge in [-0.3, -0.25) is 19.7 Å². The van der Waals surface area contributed by atoms with Gasteiger partial charge < -0.3 is 15.0 Å². The van der Waals surface area contributed by atoms with Crippen LogP contribution in [-0.4, -0.2) is 78.4 Å². The molecule has 0 aliphatic carbocycles. The number of hydrogen-bond donors (Lipinski definition) is 1. The molecule has 36 heavy (non-hydrogen) atoms. The number of pyridine rings is 1. The third-order valence-electron chi connectivity index (χ3n) is 7.48. The molecule has 1 N–H and O–H groups in total. The summed E-state index contributed by atoms with van der Waals surface area (Å²) in [6.07, 6.45) is 5.84. The van der Waals surface area contributed by atoms with Crippen molar-refractivity contribution in [2.24, 2.45) is 10.9 Å². The maximum atomic E-state index is 13.3. The molecule has 0 unspecified atom stereocenters.